The van der Waals surface area contributed by atoms with Gasteiger partial charge in [-0.1, -0.05) is 44.2 Å². The zero-order valence-electron chi connectivity index (χ0n) is 16.2. The van der Waals surface area contributed by atoms with Gasteiger partial charge < -0.3 is 14.8 Å². The van der Waals surface area contributed by atoms with Crippen molar-refractivity contribution in [2.45, 2.75) is 65.0 Å². The van der Waals surface area contributed by atoms with Crippen LogP contribution < -0.4 is 5.32 Å². The second-order valence-electron chi connectivity index (χ2n) is 7.98. The molecule has 1 aliphatic carbocycles. The van der Waals surface area contributed by atoms with E-state index in [1.54, 1.807) is 7.11 Å². The van der Waals surface area contributed by atoms with Crippen LogP contribution >= 0.6 is 0 Å². The third kappa shape index (κ3) is 8.07. The lowest BCUT2D eigenvalue weighted by Gasteiger charge is -2.15. The molecule has 3 heteroatoms. The van der Waals surface area contributed by atoms with Gasteiger partial charge >= 0.3 is 0 Å². The molecule has 3 nitrogen and oxygen atoms in total. The van der Waals surface area contributed by atoms with Crippen molar-refractivity contribution in [3.8, 4) is 0 Å². The minimum absolute atomic E-state index is 0.0129. The van der Waals surface area contributed by atoms with Gasteiger partial charge in [0.2, 0.25) is 0 Å². The van der Waals surface area contributed by atoms with Crippen LogP contribution in [0, 0.1) is 11.8 Å². The highest BCUT2D eigenvalue weighted by Gasteiger charge is 2.37. The van der Waals surface area contributed by atoms with E-state index in [1.807, 2.05) is 20.8 Å². The summed E-state index contributed by atoms with van der Waals surface area (Å²) < 4.78 is 4.94. The first-order valence-electron chi connectivity index (χ1n) is 9.07. The van der Waals surface area contributed by atoms with Gasteiger partial charge in [-0.2, -0.15) is 0 Å². The Kier molecular flexibility index (Phi) is 8.65. The number of rotatable bonds is 7. The largest absolute Gasteiger partial charge is 0.379 e. The molecule has 1 fully saturated rings. The van der Waals surface area contributed by atoms with Crippen LogP contribution in [0.2, 0.25) is 0 Å². The number of nitrogens with one attached hydrogen (secondary N) is 1. The Morgan fingerprint density at radius 2 is 1.83 bits per heavy atom. The molecule has 1 N–H and O–H groups in total. The zero-order valence-corrected chi connectivity index (χ0v) is 16.2. The van der Waals surface area contributed by atoms with Gasteiger partial charge in [0.25, 0.3) is 0 Å². The molecule has 0 aliphatic heterocycles. The topological polar surface area (TPSA) is 38.3 Å². The van der Waals surface area contributed by atoms with Crippen LogP contribution in [0.3, 0.4) is 0 Å². The number of benzene rings is 1. The second kappa shape index (κ2) is 9.95. The number of carbonyl (C=O) groups excluding carboxylic acids is 1. The lowest BCUT2D eigenvalue weighted by Crippen LogP contribution is -2.35. The Balaban J connectivity index is 0.000000413. The van der Waals surface area contributed by atoms with Crippen molar-refractivity contribution in [2.75, 3.05) is 13.7 Å². The molecule has 1 saturated carbocycles. The number of methoxy groups -OCH3 is 1. The minimum Gasteiger partial charge on any atom is -0.379 e. The molecule has 0 saturated heterocycles. The average molecular weight is 334 g/mol. The first kappa shape index (κ1) is 20.9. The second-order valence-corrected chi connectivity index (χ2v) is 7.98. The molecule has 0 spiro atoms. The van der Waals surface area contributed by atoms with Gasteiger partial charge in [0.05, 0.1) is 11.6 Å². The average Bonchev–Trinajstić information content (AvgIpc) is 3.31. The van der Waals surface area contributed by atoms with Gasteiger partial charge in [0.1, 0.15) is 6.29 Å². The van der Waals surface area contributed by atoms with E-state index < -0.39 is 0 Å². The third-order valence-corrected chi connectivity index (χ3v) is 4.52. The highest BCUT2D eigenvalue weighted by molar-refractivity contribution is 5.57. The SMILES string of the molecule is CC(C)C(C=O)NCC[C@H]1CC1c1ccccc1.COC(C)(C)C. The van der Waals surface area contributed by atoms with E-state index >= 15 is 0 Å². The Morgan fingerprint density at radius 1 is 1.25 bits per heavy atom. The fraction of sp³-hybridized carbons (Fsp3) is 0.667. The van der Waals surface area contributed by atoms with Crippen molar-refractivity contribution in [1.82, 2.24) is 5.32 Å². The summed E-state index contributed by atoms with van der Waals surface area (Å²) in [6.07, 6.45) is 3.52. The Hall–Kier alpha value is -1.19. The first-order chi connectivity index (χ1) is 11.3. The van der Waals surface area contributed by atoms with Crippen molar-refractivity contribution < 1.29 is 9.53 Å². The predicted molar refractivity (Wildman–Crippen MR) is 101 cm³/mol. The van der Waals surface area contributed by atoms with Gasteiger partial charge in [-0.05, 0) is 63.5 Å². The number of carbonyl (C=O) groups is 1. The molecule has 0 amide bonds. The lowest BCUT2D eigenvalue weighted by molar-refractivity contribution is -0.110. The van der Waals surface area contributed by atoms with Gasteiger partial charge in [-0.3, -0.25) is 0 Å². The van der Waals surface area contributed by atoms with Crippen LogP contribution in [0.15, 0.2) is 30.3 Å². The Labute approximate surface area is 148 Å². The Morgan fingerprint density at radius 3 is 2.29 bits per heavy atom. The van der Waals surface area contributed by atoms with Crippen LogP contribution in [-0.4, -0.2) is 31.6 Å². The summed E-state index contributed by atoms with van der Waals surface area (Å²) in [5.74, 6) is 1.94. The predicted octanol–water partition coefficient (Wildman–Crippen LogP) is 4.42. The third-order valence-electron chi connectivity index (χ3n) is 4.52. The van der Waals surface area contributed by atoms with E-state index in [1.165, 1.54) is 18.4 Å². The molecule has 24 heavy (non-hydrogen) atoms. The van der Waals surface area contributed by atoms with E-state index in [-0.39, 0.29) is 11.6 Å². The van der Waals surface area contributed by atoms with Crippen molar-refractivity contribution >= 4 is 6.29 Å². The quantitative estimate of drug-likeness (QED) is 0.750. The highest BCUT2D eigenvalue weighted by atomic mass is 16.5. The van der Waals surface area contributed by atoms with Gasteiger partial charge in [-0.15, -0.1) is 0 Å². The van der Waals surface area contributed by atoms with Crippen molar-refractivity contribution in [2.24, 2.45) is 11.8 Å². The van der Waals surface area contributed by atoms with Gasteiger partial charge in [0.15, 0.2) is 0 Å². The fourth-order valence-electron chi connectivity index (χ4n) is 2.55. The molecule has 3 atom stereocenters. The van der Waals surface area contributed by atoms with Crippen molar-refractivity contribution in [1.29, 1.82) is 0 Å². The number of hydrogen-bond donors (Lipinski definition) is 1. The monoisotopic (exact) mass is 333 g/mol. The summed E-state index contributed by atoms with van der Waals surface area (Å²) in [7, 11) is 1.71. The van der Waals surface area contributed by atoms with E-state index in [2.05, 4.69) is 49.5 Å². The van der Waals surface area contributed by atoms with Crippen molar-refractivity contribution in [3.63, 3.8) is 0 Å². The molecule has 0 aromatic heterocycles. The standard InChI is InChI=1S/C16H23NO.C5H12O/c1-12(2)16(11-18)17-9-8-14-10-15(14)13-6-4-3-5-7-13;1-5(2,3)6-4/h3-7,11-12,14-17H,8-10H2,1-2H3;1-4H3/t14-,15?,16?;/m0./s1. The van der Waals surface area contributed by atoms with Crippen molar-refractivity contribution in [3.05, 3.63) is 35.9 Å². The first-order valence-corrected chi connectivity index (χ1v) is 9.07. The highest BCUT2D eigenvalue weighted by Crippen LogP contribution is 2.49. The summed E-state index contributed by atoms with van der Waals surface area (Å²) in [5.41, 5.74) is 1.51. The molecule has 0 heterocycles. The van der Waals surface area contributed by atoms with Crippen LogP contribution in [0.25, 0.3) is 0 Å². The summed E-state index contributed by atoms with van der Waals surface area (Å²) >= 11 is 0. The lowest BCUT2D eigenvalue weighted by atomic mass is 10.1. The normalized spacial score (nSPS) is 21.0. The molecule has 0 radical (unpaired) electrons. The smallest absolute Gasteiger partial charge is 0.137 e. The van der Waals surface area contributed by atoms with Crippen LogP contribution in [-0.2, 0) is 9.53 Å². The molecule has 1 aromatic carbocycles. The maximum atomic E-state index is 10.9. The van der Waals surface area contributed by atoms with E-state index in [0.29, 0.717) is 5.92 Å². The number of hydrogen-bond acceptors (Lipinski definition) is 3. The summed E-state index contributed by atoms with van der Waals surface area (Å²) in [4.78, 5) is 10.9. The molecule has 2 rings (SSSR count). The van der Waals surface area contributed by atoms with Crippen LogP contribution in [0.1, 0.15) is 58.9 Å². The zero-order chi connectivity index (χ0) is 18.2. The van der Waals surface area contributed by atoms with E-state index in [0.717, 1.165) is 24.7 Å². The molecule has 2 unspecified atom stereocenters. The molecule has 136 valence electrons. The maximum Gasteiger partial charge on any atom is 0.137 e. The molecule has 1 aliphatic rings. The summed E-state index contributed by atoms with van der Waals surface area (Å²) in [6.45, 7) is 11.2. The van der Waals surface area contributed by atoms with Crippen LogP contribution in [0.5, 0.6) is 0 Å². The maximum absolute atomic E-state index is 10.9. The Bertz CT molecular complexity index is 464. The fourth-order valence-corrected chi connectivity index (χ4v) is 2.55. The number of ether oxygens (including phenoxy) is 1. The van der Waals surface area contributed by atoms with Gasteiger partial charge in [-0.25, -0.2) is 0 Å². The minimum atomic E-state index is 0.0129. The number of aldehydes is 1. The van der Waals surface area contributed by atoms with Crippen LogP contribution in [0.4, 0.5) is 0 Å². The van der Waals surface area contributed by atoms with E-state index in [9.17, 15) is 4.79 Å². The van der Waals surface area contributed by atoms with Gasteiger partial charge in [0, 0.05) is 7.11 Å². The van der Waals surface area contributed by atoms with E-state index in [4.69, 9.17) is 4.74 Å². The molecular formula is C21H35NO2. The molecule has 0 bridgehead atoms. The molecular weight excluding hydrogens is 298 g/mol. The summed E-state index contributed by atoms with van der Waals surface area (Å²) in [5, 5.41) is 3.34. The summed E-state index contributed by atoms with van der Waals surface area (Å²) in [6, 6.07) is 10.8. The molecule has 1 aromatic rings.